The Bertz CT molecular complexity index is 550. The maximum Gasteiger partial charge on any atom is 0.0778 e. The topological polar surface area (TPSA) is 38.0 Å². The lowest BCUT2D eigenvalue weighted by Gasteiger charge is -2.27. The Balaban J connectivity index is 1.84. The Morgan fingerprint density at radius 2 is 1.84 bits per heavy atom. The van der Waals surface area contributed by atoms with E-state index in [9.17, 15) is 5.11 Å². The van der Waals surface area contributed by atoms with Crippen LogP contribution in [0.5, 0.6) is 0 Å². The molecule has 0 bridgehead atoms. The molecule has 19 heavy (non-hydrogen) atoms. The van der Waals surface area contributed by atoms with E-state index < -0.39 is 0 Å². The third-order valence-electron chi connectivity index (χ3n) is 3.81. The quantitative estimate of drug-likeness (QED) is 0.914. The van der Waals surface area contributed by atoms with Gasteiger partial charge >= 0.3 is 0 Å². The standard InChI is InChI=1S/C15H17BrN2O/c16-13-7-5-11(6-8-13)12-9-17-18(10-12)14-3-1-2-4-15(14)19/h5-10,14-15,19H,1-4H2. The Morgan fingerprint density at radius 1 is 1.11 bits per heavy atom. The molecule has 2 unspecified atom stereocenters. The van der Waals surface area contributed by atoms with Crippen molar-refractivity contribution in [3.63, 3.8) is 0 Å². The van der Waals surface area contributed by atoms with Gasteiger partial charge in [-0.3, -0.25) is 4.68 Å². The number of aliphatic hydroxyl groups excluding tert-OH is 1. The number of hydrogen-bond donors (Lipinski definition) is 1. The fourth-order valence-corrected chi connectivity index (χ4v) is 2.98. The first-order valence-electron chi connectivity index (χ1n) is 6.72. The third-order valence-corrected chi connectivity index (χ3v) is 4.34. The number of nitrogens with zero attached hydrogens (tertiary/aromatic N) is 2. The molecule has 2 atom stereocenters. The molecule has 100 valence electrons. The first kappa shape index (κ1) is 12.9. The predicted molar refractivity (Wildman–Crippen MR) is 78.9 cm³/mol. The van der Waals surface area contributed by atoms with Gasteiger partial charge in [-0.1, -0.05) is 40.9 Å². The summed E-state index contributed by atoms with van der Waals surface area (Å²) in [7, 11) is 0. The van der Waals surface area contributed by atoms with E-state index in [4.69, 9.17) is 0 Å². The van der Waals surface area contributed by atoms with Crippen molar-refractivity contribution in [1.29, 1.82) is 0 Å². The third kappa shape index (κ3) is 2.74. The minimum Gasteiger partial charge on any atom is -0.391 e. The highest BCUT2D eigenvalue weighted by molar-refractivity contribution is 9.10. The molecule has 1 heterocycles. The van der Waals surface area contributed by atoms with Crippen molar-refractivity contribution in [3.05, 3.63) is 41.1 Å². The van der Waals surface area contributed by atoms with Gasteiger partial charge in [-0.25, -0.2) is 0 Å². The van der Waals surface area contributed by atoms with Crippen molar-refractivity contribution in [2.24, 2.45) is 0 Å². The molecule has 0 aliphatic heterocycles. The summed E-state index contributed by atoms with van der Waals surface area (Å²) in [4.78, 5) is 0. The van der Waals surface area contributed by atoms with Gasteiger partial charge in [0, 0.05) is 16.2 Å². The second-order valence-corrected chi connectivity index (χ2v) is 6.05. The van der Waals surface area contributed by atoms with Crippen LogP contribution in [-0.4, -0.2) is 21.0 Å². The fraction of sp³-hybridized carbons (Fsp3) is 0.400. The highest BCUT2D eigenvalue weighted by Gasteiger charge is 2.25. The molecule has 2 aromatic rings. The van der Waals surface area contributed by atoms with E-state index in [1.165, 1.54) is 6.42 Å². The van der Waals surface area contributed by atoms with E-state index in [2.05, 4.69) is 33.2 Å². The predicted octanol–water partition coefficient (Wildman–Crippen LogP) is 3.79. The molecule has 1 aromatic carbocycles. The SMILES string of the molecule is OC1CCCCC1n1cc(-c2ccc(Br)cc2)cn1. The van der Waals surface area contributed by atoms with Crippen molar-refractivity contribution in [2.75, 3.05) is 0 Å². The zero-order chi connectivity index (χ0) is 13.2. The molecule has 1 fully saturated rings. The van der Waals surface area contributed by atoms with Gasteiger partial charge in [0.25, 0.3) is 0 Å². The second-order valence-electron chi connectivity index (χ2n) is 5.14. The Kier molecular flexibility index (Phi) is 3.71. The Hall–Kier alpha value is -1.13. The van der Waals surface area contributed by atoms with Gasteiger partial charge < -0.3 is 5.11 Å². The smallest absolute Gasteiger partial charge is 0.0778 e. The number of hydrogen-bond acceptors (Lipinski definition) is 2. The molecule has 3 nitrogen and oxygen atoms in total. The summed E-state index contributed by atoms with van der Waals surface area (Å²) in [6, 6.07) is 8.34. The van der Waals surface area contributed by atoms with Crippen molar-refractivity contribution >= 4 is 15.9 Å². The average Bonchev–Trinajstić information content (AvgIpc) is 2.89. The molecule has 1 N–H and O–H groups in total. The van der Waals surface area contributed by atoms with E-state index in [1.807, 2.05) is 29.2 Å². The molecule has 1 aliphatic rings. The maximum atomic E-state index is 10.1. The molecule has 1 aromatic heterocycles. The summed E-state index contributed by atoms with van der Waals surface area (Å²) in [5, 5.41) is 14.5. The average molecular weight is 321 g/mol. The summed E-state index contributed by atoms with van der Waals surface area (Å²) >= 11 is 3.44. The van der Waals surface area contributed by atoms with E-state index in [0.717, 1.165) is 34.9 Å². The lowest BCUT2D eigenvalue weighted by atomic mass is 9.93. The number of benzene rings is 1. The fourth-order valence-electron chi connectivity index (χ4n) is 2.71. The van der Waals surface area contributed by atoms with Crippen LogP contribution in [0, 0.1) is 0 Å². The summed E-state index contributed by atoms with van der Waals surface area (Å²) in [6.07, 6.45) is 7.87. The lowest BCUT2D eigenvalue weighted by Crippen LogP contribution is -2.27. The molecule has 0 radical (unpaired) electrons. The Morgan fingerprint density at radius 3 is 2.58 bits per heavy atom. The van der Waals surface area contributed by atoms with E-state index in [-0.39, 0.29) is 12.1 Å². The highest BCUT2D eigenvalue weighted by atomic mass is 79.9. The van der Waals surface area contributed by atoms with Crippen LogP contribution in [0.1, 0.15) is 31.7 Å². The number of aliphatic hydroxyl groups is 1. The number of aromatic nitrogens is 2. The number of rotatable bonds is 2. The van der Waals surface area contributed by atoms with Gasteiger partial charge in [0.05, 0.1) is 18.3 Å². The van der Waals surface area contributed by atoms with E-state index in [1.54, 1.807) is 0 Å². The van der Waals surface area contributed by atoms with Crippen LogP contribution in [-0.2, 0) is 0 Å². The zero-order valence-electron chi connectivity index (χ0n) is 10.7. The van der Waals surface area contributed by atoms with Crippen LogP contribution >= 0.6 is 15.9 Å². The molecular weight excluding hydrogens is 304 g/mol. The molecule has 0 spiro atoms. The first-order valence-corrected chi connectivity index (χ1v) is 7.51. The van der Waals surface area contributed by atoms with Crippen molar-refractivity contribution in [2.45, 2.75) is 37.8 Å². The normalized spacial score (nSPS) is 23.5. The monoisotopic (exact) mass is 320 g/mol. The lowest BCUT2D eigenvalue weighted by molar-refractivity contribution is 0.0695. The van der Waals surface area contributed by atoms with Crippen LogP contribution in [0.2, 0.25) is 0 Å². The summed E-state index contributed by atoms with van der Waals surface area (Å²) in [5.41, 5.74) is 2.25. The molecule has 0 saturated heterocycles. The summed E-state index contributed by atoms with van der Waals surface area (Å²) < 4.78 is 3.01. The highest BCUT2D eigenvalue weighted by Crippen LogP contribution is 2.30. The maximum absolute atomic E-state index is 10.1. The van der Waals surface area contributed by atoms with Crippen molar-refractivity contribution in [3.8, 4) is 11.1 Å². The summed E-state index contributed by atoms with van der Waals surface area (Å²) in [5.74, 6) is 0. The van der Waals surface area contributed by atoms with Gasteiger partial charge in [-0.05, 0) is 30.5 Å². The number of halogens is 1. The van der Waals surface area contributed by atoms with E-state index >= 15 is 0 Å². The van der Waals surface area contributed by atoms with Crippen LogP contribution in [0.4, 0.5) is 0 Å². The van der Waals surface area contributed by atoms with Gasteiger partial charge in [0.2, 0.25) is 0 Å². The molecule has 3 rings (SSSR count). The molecule has 1 saturated carbocycles. The first-order chi connectivity index (χ1) is 9.24. The van der Waals surface area contributed by atoms with Crippen LogP contribution < -0.4 is 0 Å². The van der Waals surface area contributed by atoms with Crippen molar-refractivity contribution in [1.82, 2.24) is 9.78 Å². The van der Waals surface area contributed by atoms with Gasteiger partial charge in [0.15, 0.2) is 0 Å². The molecule has 1 aliphatic carbocycles. The van der Waals surface area contributed by atoms with Gasteiger partial charge in [0.1, 0.15) is 0 Å². The van der Waals surface area contributed by atoms with E-state index in [0.29, 0.717) is 0 Å². The second kappa shape index (κ2) is 5.47. The Labute approximate surface area is 121 Å². The van der Waals surface area contributed by atoms with Crippen LogP contribution in [0.25, 0.3) is 11.1 Å². The molecule has 4 heteroatoms. The zero-order valence-corrected chi connectivity index (χ0v) is 12.3. The van der Waals surface area contributed by atoms with Gasteiger partial charge in [-0.2, -0.15) is 5.10 Å². The molecule has 0 amide bonds. The minimum atomic E-state index is -0.258. The van der Waals surface area contributed by atoms with Gasteiger partial charge in [-0.15, -0.1) is 0 Å². The van der Waals surface area contributed by atoms with Crippen molar-refractivity contribution < 1.29 is 5.11 Å². The van der Waals surface area contributed by atoms with Crippen LogP contribution in [0.3, 0.4) is 0 Å². The molecular formula is C15H17BrN2O. The van der Waals surface area contributed by atoms with Crippen LogP contribution in [0.15, 0.2) is 41.1 Å². The summed E-state index contributed by atoms with van der Waals surface area (Å²) in [6.45, 7) is 0. The minimum absolute atomic E-state index is 0.137. The largest absolute Gasteiger partial charge is 0.391 e.